The third-order valence-electron chi connectivity index (χ3n) is 4.20. The summed E-state index contributed by atoms with van der Waals surface area (Å²) in [6, 6.07) is 8.07. The number of thiol groups is 1. The largest absolute Gasteiger partial charge is 0.271 e. The number of hydrazone groups is 1. The predicted octanol–water partition coefficient (Wildman–Crippen LogP) is 2.10. The fraction of sp³-hybridized carbons (Fsp3) is 0.412. The van der Waals surface area contributed by atoms with E-state index in [2.05, 4.69) is 23.2 Å². The van der Waals surface area contributed by atoms with E-state index in [0.29, 0.717) is 24.4 Å². The van der Waals surface area contributed by atoms with Crippen LogP contribution in [0.15, 0.2) is 34.3 Å². The summed E-state index contributed by atoms with van der Waals surface area (Å²) in [6.45, 7) is 2.75. The summed E-state index contributed by atoms with van der Waals surface area (Å²) >= 11 is 8.59. The van der Waals surface area contributed by atoms with Crippen molar-refractivity contribution in [1.29, 1.82) is 5.26 Å². The molecule has 1 aliphatic heterocycles. The van der Waals surface area contributed by atoms with Crippen LogP contribution >= 0.6 is 24.8 Å². The molecule has 0 saturated carbocycles. The molecule has 0 aliphatic carbocycles. The van der Waals surface area contributed by atoms with E-state index in [0.717, 1.165) is 19.3 Å². The number of sulfonamides is 1. The van der Waals surface area contributed by atoms with Crippen LogP contribution in [0.5, 0.6) is 0 Å². The number of nitrogens with zero attached hydrogens (tertiary/aromatic N) is 3. The second-order valence-corrected chi connectivity index (χ2v) is 9.22. The van der Waals surface area contributed by atoms with Gasteiger partial charge in [0, 0.05) is 13.1 Å². The van der Waals surface area contributed by atoms with Gasteiger partial charge in [0.05, 0.1) is 20.9 Å². The van der Waals surface area contributed by atoms with Crippen molar-refractivity contribution in [3.05, 3.63) is 29.8 Å². The van der Waals surface area contributed by atoms with Crippen LogP contribution in [0.1, 0.15) is 31.7 Å². The number of rotatable bonds is 6. The van der Waals surface area contributed by atoms with Crippen molar-refractivity contribution in [1.82, 2.24) is 9.73 Å². The summed E-state index contributed by atoms with van der Waals surface area (Å²) in [6.07, 6.45) is 2.81. The minimum Gasteiger partial charge on any atom is -0.271 e. The summed E-state index contributed by atoms with van der Waals surface area (Å²) in [4.78, 5) is 12.1. The van der Waals surface area contributed by atoms with Crippen LogP contribution < -0.4 is 5.43 Å². The van der Waals surface area contributed by atoms with Gasteiger partial charge in [-0.3, -0.25) is 4.79 Å². The quantitative estimate of drug-likeness (QED) is 0.315. The molecule has 1 saturated heterocycles. The number of piperidine rings is 1. The lowest BCUT2D eigenvalue weighted by Crippen LogP contribution is -2.35. The Kier molecular flexibility index (Phi) is 7.49. The first-order valence-electron chi connectivity index (χ1n) is 8.34. The first kappa shape index (κ1) is 21.5. The zero-order valence-corrected chi connectivity index (χ0v) is 17.3. The molecule has 10 heteroatoms. The molecule has 27 heavy (non-hydrogen) atoms. The number of carbonyl (C=O) groups is 1. The number of nitrogens with one attached hydrogen (secondary N) is 1. The minimum absolute atomic E-state index is 0.0323. The summed E-state index contributed by atoms with van der Waals surface area (Å²) in [5, 5.41) is 12.8. The van der Waals surface area contributed by atoms with Crippen LogP contribution in [0.25, 0.3) is 0 Å². The second-order valence-electron chi connectivity index (χ2n) is 6.06. The van der Waals surface area contributed by atoms with Gasteiger partial charge in [-0.05, 0) is 37.5 Å². The third kappa shape index (κ3) is 5.35. The molecule has 1 aromatic carbocycles. The topological polar surface area (TPSA) is 103 Å². The SMILES string of the molecule is C/C(=N\NC(=O)C(C#N)C(=S)S)c1ccc(S(=O)(=O)N2CCCCC2)cc1. The molecule has 1 atom stereocenters. The van der Waals surface area contributed by atoms with Gasteiger partial charge in [-0.15, -0.1) is 12.6 Å². The number of amides is 1. The van der Waals surface area contributed by atoms with Gasteiger partial charge in [-0.25, -0.2) is 13.8 Å². The molecule has 2 rings (SSSR count). The lowest BCUT2D eigenvalue weighted by atomic mass is 10.1. The highest BCUT2D eigenvalue weighted by Gasteiger charge is 2.25. The van der Waals surface area contributed by atoms with Crippen molar-refractivity contribution in [2.45, 2.75) is 31.1 Å². The summed E-state index contributed by atoms with van der Waals surface area (Å²) < 4.78 is 26.8. The number of hydrogen-bond acceptors (Lipinski definition) is 6. The Morgan fingerprint density at radius 1 is 1.30 bits per heavy atom. The minimum atomic E-state index is -3.49. The van der Waals surface area contributed by atoms with E-state index in [1.807, 2.05) is 0 Å². The van der Waals surface area contributed by atoms with Gasteiger partial charge in [0.1, 0.15) is 0 Å². The zero-order chi connectivity index (χ0) is 20.0. The van der Waals surface area contributed by atoms with Crippen molar-refractivity contribution >= 4 is 50.7 Å². The molecular formula is C17H20N4O3S3. The van der Waals surface area contributed by atoms with Crippen molar-refractivity contribution in [2.24, 2.45) is 11.0 Å². The molecule has 0 radical (unpaired) electrons. The Labute approximate surface area is 169 Å². The van der Waals surface area contributed by atoms with E-state index >= 15 is 0 Å². The Morgan fingerprint density at radius 2 is 1.89 bits per heavy atom. The molecule has 1 aromatic rings. The molecule has 1 heterocycles. The van der Waals surface area contributed by atoms with Crippen molar-refractivity contribution in [2.75, 3.05) is 13.1 Å². The van der Waals surface area contributed by atoms with Gasteiger partial charge in [0.25, 0.3) is 5.91 Å². The molecule has 144 valence electrons. The predicted molar refractivity (Wildman–Crippen MR) is 110 cm³/mol. The zero-order valence-electron chi connectivity index (χ0n) is 14.8. The van der Waals surface area contributed by atoms with E-state index in [1.54, 1.807) is 25.1 Å². The standard InChI is InChI=1S/C17H20N4O3S3/c1-12(19-20-16(22)15(11-18)17(25)26)13-5-7-14(8-6-13)27(23,24)21-9-3-2-4-10-21/h5-8,15H,2-4,9-10H2,1H3,(H,20,22)(H,25,26)/b19-12+. The summed E-state index contributed by atoms with van der Waals surface area (Å²) in [5.74, 6) is -1.84. The van der Waals surface area contributed by atoms with E-state index in [9.17, 15) is 13.2 Å². The van der Waals surface area contributed by atoms with E-state index in [1.165, 1.54) is 16.4 Å². The highest BCUT2D eigenvalue weighted by molar-refractivity contribution is 8.11. The van der Waals surface area contributed by atoms with Gasteiger partial charge >= 0.3 is 0 Å². The molecule has 0 spiro atoms. The van der Waals surface area contributed by atoms with Crippen LogP contribution in [0.4, 0.5) is 0 Å². The van der Waals surface area contributed by atoms with E-state index in [4.69, 9.17) is 17.5 Å². The van der Waals surface area contributed by atoms with Gasteiger partial charge in [0.2, 0.25) is 10.0 Å². The highest BCUT2D eigenvalue weighted by Crippen LogP contribution is 2.21. The first-order chi connectivity index (χ1) is 12.8. The van der Waals surface area contributed by atoms with E-state index < -0.39 is 21.8 Å². The van der Waals surface area contributed by atoms with Gasteiger partial charge in [-0.1, -0.05) is 30.8 Å². The maximum atomic E-state index is 12.6. The number of carbonyl (C=O) groups excluding carboxylic acids is 1. The lowest BCUT2D eigenvalue weighted by molar-refractivity contribution is -0.121. The molecule has 1 N–H and O–H groups in total. The average Bonchev–Trinajstić information content (AvgIpc) is 2.67. The van der Waals surface area contributed by atoms with Crippen LogP contribution in [0.3, 0.4) is 0 Å². The Hall–Kier alpha value is -1.80. The van der Waals surface area contributed by atoms with Crippen LogP contribution in [-0.2, 0) is 14.8 Å². The van der Waals surface area contributed by atoms with Crippen molar-refractivity contribution in [3.63, 3.8) is 0 Å². The number of benzene rings is 1. The Morgan fingerprint density at radius 3 is 2.41 bits per heavy atom. The fourth-order valence-electron chi connectivity index (χ4n) is 2.62. The number of hydrogen-bond donors (Lipinski definition) is 2. The molecule has 1 fully saturated rings. The van der Waals surface area contributed by atoms with Gasteiger partial charge < -0.3 is 0 Å². The Balaban J connectivity index is 2.11. The monoisotopic (exact) mass is 424 g/mol. The Bertz CT molecular complexity index is 883. The molecule has 1 unspecified atom stereocenters. The number of nitriles is 1. The molecule has 1 amide bonds. The normalized spacial score (nSPS) is 17.0. The van der Waals surface area contributed by atoms with Crippen LogP contribution in [-0.4, -0.2) is 41.6 Å². The highest BCUT2D eigenvalue weighted by atomic mass is 32.2. The molecule has 7 nitrogen and oxygen atoms in total. The maximum Gasteiger partial charge on any atom is 0.263 e. The maximum absolute atomic E-state index is 12.6. The molecule has 0 aromatic heterocycles. The average molecular weight is 425 g/mol. The smallest absolute Gasteiger partial charge is 0.263 e. The second kappa shape index (κ2) is 9.41. The van der Waals surface area contributed by atoms with Crippen molar-refractivity contribution < 1.29 is 13.2 Å². The summed E-state index contributed by atoms with van der Waals surface area (Å²) in [7, 11) is -3.49. The number of thiocarbonyl (C=S) groups is 1. The van der Waals surface area contributed by atoms with Gasteiger partial charge in [0.15, 0.2) is 5.92 Å². The first-order valence-corrected chi connectivity index (χ1v) is 10.6. The van der Waals surface area contributed by atoms with E-state index in [-0.39, 0.29) is 9.09 Å². The van der Waals surface area contributed by atoms with Crippen molar-refractivity contribution in [3.8, 4) is 6.07 Å². The third-order valence-corrected chi connectivity index (χ3v) is 6.60. The van der Waals surface area contributed by atoms with Crippen LogP contribution in [0.2, 0.25) is 0 Å². The molecule has 1 aliphatic rings. The molecular weight excluding hydrogens is 404 g/mol. The van der Waals surface area contributed by atoms with Gasteiger partial charge in [-0.2, -0.15) is 14.7 Å². The molecule has 0 bridgehead atoms. The lowest BCUT2D eigenvalue weighted by Gasteiger charge is -2.25. The fourth-order valence-corrected chi connectivity index (χ4v) is 4.47. The summed E-state index contributed by atoms with van der Waals surface area (Å²) in [5.41, 5.74) is 3.39. The van der Waals surface area contributed by atoms with Crippen LogP contribution in [0, 0.1) is 17.2 Å².